The van der Waals surface area contributed by atoms with Crippen LogP contribution in [-0.2, 0) is 14.3 Å². The van der Waals surface area contributed by atoms with E-state index in [-0.39, 0.29) is 24.3 Å². The van der Waals surface area contributed by atoms with Gasteiger partial charge < -0.3 is 10.5 Å². The molecule has 5 heteroatoms. The number of nitrogens with zero attached hydrogens (tertiary/aromatic N) is 1. The van der Waals surface area contributed by atoms with Gasteiger partial charge >= 0.3 is 5.97 Å². The van der Waals surface area contributed by atoms with Gasteiger partial charge in [0.15, 0.2) is 0 Å². The first-order valence-electron chi connectivity index (χ1n) is 5.45. The van der Waals surface area contributed by atoms with Crippen molar-refractivity contribution in [2.24, 2.45) is 17.6 Å². The van der Waals surface area contributed by atoms with Crippen LogP contribution in [0.2, 0.25) is 0 Å². The highest BCUT2D eigenvalue weighted by molar-refractivity contribution is 5.76. The number of carbonyl (C=O) groups excluding carboxylic acids is 2. The summed E-state index contributed by atoms with van der Waals surface area (Å²) in [5.41, 5.74) is 5.16. The SMILES string of the molecule is COC(=O)C(C)CN(CC(N)=O)CC(C)C. The molecule has 1 unspecified atom stereocenters. The van der Waals surface area contributed by atoms with Crippen LogP contribution in [0.3, 0.4) is 0 Å². The molecule has 0 bridgehead atoms. The number of ether oxygens (including phenoxy) is 1. The lowest BCUT2D eigenvalue weighted by Crippen LogP contribution is -2.40. The molecule has 94 valence electrons. The van der Waals surface area contributed by atoms with Crippen molar-refractivity contribution in [1.29, 1.82) is 0 Å². The van der Waals surface area contributed by atoms with Crippen LogP contribution < -0.4 is 5.73 Å². The zero-order valence-electron chi connectivity index (χ0n) is 10.5. The van der Waals surface area contributed by atoms with Crippen molar-refractivity contribution < 1.29 is 14.3 Å². The Morgan fingerprint density at radius 2 is 1.81 bits per heavy atom. The Balaban J connectivity index is 4.29. The quantitative estimate of drug-likeness (QED) is 0.636. The van der Waals surface area contributed by atoms with Crippen LogP contribution in [0.25, 0.3) is 0 Å². The first kappa shape index (κ1) is 14.9. The Bertz CT molecular complexity index is 241. The van der Waals surface area contributed by atoms with Gasteiger partial charge in [0.2, 0.25) is 5.91 Å². The third-order valence-corrected chi connectivity index (χ3v) is 2.14. The van der Waals surface area contributed by atoms with Crippen molar-refractivity contribution in [3.8, 4) is 0 Å². The number of primary amides is 1. The van der Waals surface area contributed by atoms with Crippen molar-refractivity contribution in [1.82, 2.24) is 4.90 Å². The summed E-state index contributed by atoms with van der Waals surface area (Å²) in [6, 6.07) is 0. The maximum absolute atomic E-state index is 11.3. The molecule has 0 aromatic carbocycles. The van der Waals surface area contributed by atoms with E-state index >= 15 is 0 Å². The number of hydrogen-bond acceptors (Lipinski definition) is 4. The van der Waals surface area contributed by atoms with E-state index in [0.717, 1.165) is 6.54 Å². The molecule has 1 amide bonds. The summed E-state index contributed by atoms with van der Waals surface area (Å²) in [5, 5.41) is 0. The van der Waals surface area contributed by atoms with Crippen molar-refractivity contribution >= 4 is 11.9 Å². The monoisotopic (exact) mass is 230 g/mol. The number of nitrogens with two attached hydrogens (primary N) is 1. The van der Waals surface area contributed by atoms with Gasteiger partial charge in [-0.1, -0.05) is 20.8 Å². The summed E-state index contributed by atoms with van der Waals surface area (Å²) in [5.74, 6) is -0.469. The van der Waals surface area contributed by atoms with Crippen LogP contribution in [0.4, 0.5) is 0 Å². The third kappa shape index (κ3) is 6.40. The summed E-state index contributed by atoms with van der Waals surface area (Å²) < 4.78 is 4.64. The molecular formula is C11H22N2O3. The average molecular weight is 230 g/mol. The summed E-state index contributed by atoms with van der Waals surface area (Å²) >= 11 is 0. The average Bonchev–Trinajstić information content (AvgIpc) is 2.14. The van der Waals surface area contributed by atoms with Gasteiger partial charge in [0, 0.05) is 13.1 Å². The second kappa shape index (κ2) is 7.22. The predicted octanol–water partition coefficient (Wildman–Crippen LogP) is 0.239. The molecule has 1 atom stereocenters. The van der Waals surface area contributed by atoms with Crippen LogP contribution in [0, 0.1) is 11.8 Å². The maximum atomic E-state index is 11.3. The van der Waals surface area contributed by atoms with E-state index in [1.165, 1.54) is 7.11 Å². The minimum Gasteiger partial charge on any atom is -0.469 e. The molecule has 0 aromatic heterocycles. The molecule has 2 N–H and O–H groups in total. The molecule has 0 aliphatic heterocycles. The van der Waals surface area contributed by atoms with E-state index < -0.39 is 0 Å². The van der Waals surface area contributed by atoms with Gasteiger partial charge in [-0.25, -0.2) is 0 Å². The normalized spacial score (nSPS) is 12.9. The van der Waals surface area contributed by atoms with Crippen molar-refractivity contribution in [2.75, 3.05) is 26.7 Å². The molecule has 0 saturated heterocycles. The second-order valence-electron chi connectivity index (χ2n) is 4.48. The lowest BCUT2D eigenvalue weighted by Gasteiger charge is -2.24. The fourth-order valence-electron chi connectivity index (χ4n) is 1.60. The van der Waals surface area contributed by atoms with Crippen LogP contribution in [0.1, 0.15) is 20.8 Å². The van der Waals surface area contributed by atoms with Crippen LogP contribution >= 0.6 is 0 Å². The van der Waals surface area contributed by atoms with Gasteiger partial charge in [0.1, 0.15) is 0 Å². The lowest BCUT2D eigenvalue weighted by atomic mass is 10.1. The number of rotatable bonds is 7. The summed E-state index contributed by atoms with van der Waals surface area (Å²) in [6.45, 7) is 7.30. The summed E-state index contributed by atoms with van der Waals surface area (Å²) in [6.07, 6.45) is 0. The Morgan fingerprint density at radius 3 is 2.19 bits per heavy atom. The Kier molecular flexibility index (Phi) is 6.72. The number of hydrogen-bond donors (Lipinski definition) is 1. The fourth-order valence-corrected chi connectivity index (χ4v) is 1.60. The van der Waals surface area contributed by atoms with Gasteiger partial charge in [-0.3, -0.25) is 14.5 Å². The highest BCUT2D eigenvalue weighted by atomic mass is 16.5. The minimum absolute atomic E-state index is 0.180. The van der Waals surface area contributed by atoms with Crippen molar-refractivity contribution in [3.05, 3.63) is 0 Å². The number of carbonyl (C=O) groups is 2. The fraction of sp³-hybridized carbons (Fsp3) is 0.818. The van der Waals surface area contributed by atoms with Gasteiger partial charge in [0.05, 0.1) is 19.6 Å². The molecular weight excluding hydrogens is 208 g/mol. The zero-order valence-corrected chi connectivity index (χ0v) is 10.5. The zero-order chi connectivity index (χ0) is 12.7. The van der Waals surface area contributed by atoms with Gasteiger partial charge in [0.25, 0.3) is 0 Å². The summed E-state index contributed by atoms with van der Waals surface area (Å²) in [4.78, 5) is 24.0. The Morgan fingerprint density at radius 1 is 1.25 bits per heavy atom. The van der Waals surface area contributed by atoms with Crippen molar-refractivity contribution in [2.45, 2.75) is 20.8 Å². The molecule has 0 heterocycles. The minimum atomic E-state index is -0.377. The highest BCUT2D eigenvalue weighted by Gasteiger charge is 2.19. The molecule has 0 radical (unpaired) electrons. The summed E-state index contributed by atoms with van der Waals surface area (Å²) in [7, 11) is 1.36. The van der Waals surface area contributed by atoms with Gasteiger partial charge in [-0.05, 0) is 5.92 Å². The first-order valence-corrected chi connectivity index (χ1v) is 5.45. The third-order valence-electron chi connectivity index (χ3n) is 2.14. The van der Waals surface area contributed by atoms with E-state index in [1.54, 1.807) is 6.92 Å². The lowest BCUT2D eigenvalue weighted by molar-refractivity contribution is -0.145. The first-order chi connectivity index (χ1) is 7.36. The topological polar surface area (TPSA) is 72.6 Å². The molecule has 0 rings (SSSR count). The molecule has 0 saturated carbocycles. The highest BCUT2D eigenvalue weighted by Crippen LogP contribution is 2.05. The molecule has 0 aliphatic carbocycles. The smallest absolute Gasteiger partial charge is 0.309 e. The van der Waals surface area contributed by atoms with Crippen molar-refractivity contribution in [3.63, 3.8) is 0 Å². The number of amides is 1. The van der Waals surface area contributed by atoms with E-state index in [1.807, 2.05) is 4.90 Å². The van der Waals surface area contributed by atoms with Gasteiger partial charge in [-0.2, -0.15) is 0 Å². The van der Waals surface area contributed by atoms with E-state index in [0.29, 0.717) is 12.5 Å². The Labute approximate surface area is 96.9 Å². The van der Waals surface area contributed by atoms with Crippen LogP contribution in [0.5, 0.6) is 0 Å². The van der Waals surface area contributed by atoms with E-state index in [9.17, 15) is 9.59 Å². The number of esters is 1. The molecule has 0 spiro atoms. The van der Waals surface area contributed by atoms with E-state index in [4.69, 9.17) is 5.73 Å². The largest absolute Gasteiger partial charge is 0.469 e. The molecule has 5 nitrogen and oxygen atoms in total. The Hall–Kier alpha value is -1.10. The van der Waals surface area contributed by atoms with Crippen LogP contribution in [0.15, 0.2) is 0 Å². The maximum Gasteiger partial charge on any atom is 0.309 e. The molecule has 0 aromatic rings. The number of methoxy groups -OCH3 is 1. The van der Waals surface area contributed by atoms with Crippen LogP contribution in [-0.4, -0.2) is 43.5 Å². The standard InChI is InChI=1S/C11H22N2O3/c1-8(2)5-13(7-10(12)14)6-9(3)11(15)16-4/h8-9H,5-7H2,1-4H3,(H2,12,14). The van der Waals surface area contributed by atoms with E-state index in [2.05, 4.69) is 18.6 Å². The second-order valence-corrected chi connectivity index (χ2v) is 4.48. The molecule has 0 aliphatic rings. The predicted molar refractivity (Wildman–Crippen MR) is 61.7 cm³/mol. The molecule has 0 fully saturated rings. The van der Waals surface area contributed by atoms with Gasteiger partial charge in [-0.15, -0.1) is 0 Å². The molecule has 16 heavy (non-hydrogen) atoms.